The van der Waals surface area contributed by atoms with Gasteiger partial charge in [-0.2, -0.15) is 0 Å². The second-order valence-electron chi connectivity index (χ2n) is 3.47. The van der Waals surface area contributed by atoms with Crippen LogP contribution in [-0.4, -0.2) is 18.3 Å². The van der Waals surface area contributed by atoms with Crippen LogP contribution in [-0.2, 0) is 9.47 Å². The van der Waals surface area contributed by atoms with Gasteiger partial charge in [-0.3, -0.25) is 0 Å². The predicted molar refractivity (Wildman–Crippen MR) is 46.2 cm³/mol. The van der Waals surface area contributed by atoms with Gasteiger partial charge in [-0.1, -0.05) is 0 Å². The van der Waals surface area contributed by atoms with E-state index in [2.05, 4.69) is 0 Å². The fourth-order valence-corrected chi connectivity index (χ4v) is 0.720. The molecule has 11 heavy (non-hydrogen) atoms. The normalized spacial score (nSPS) is 12.5. The zero-order valence-corrected chi connectivity index (χ0v) is 8.18. The highest BCUT2D eigenvalue weighted by molar-refractivity contribution is 4.69. The summed E-state index contributed by atoms with van der Waals surface area (Å²) in [6.07, 6.45) is 0.273. The maximum atomic E-state index is 5.41. The Bertz CT molecular complexity index is 97.7. The lowest BCUT2D eigenvalue weighted by Gasteiger charge is -2.25. The molecule has 0 aliphatic carbocycles. The Kier molecular flexibility index (Phi) is 4.69. The van der Waals surface area contributed by atoms with Crippen molar-refractivity contribution < 1.29 is 9.47 Å². The van der Waals surface area contributed by atoms with Gasteiger partial charge in [-0.25, -0.2) is 0 Å². The summed E-state index contributed by atoms with van der Waals surface area (Å²) in [4.78, 5) is 0. The van der Waals surface area contributed by atoms with Gasteiger partial charge >= 0.3 is 0 Å². The number of hydrogen-bond donors (Lipinski definition) is 0. The van der Waals surface area contributed by atoms with Crippen LogP contribution in [0.2, 0.25) is 0 Å². The zero-order chi connectivity index (χ0) is 8.91. The first-order valence-corrected chi connectivity index (χ1v) is 4.05. The van der Waals surface area contributed by atoms with Gasteiger partial charge in [0.05, 0.1) is 24.9 Å². The van der Waals surface area contributed by atoms with Crippen molar-refractivity contribution in [3.63, 3.8) is 0 Å². The molecule has 0 N–H and O–H groups in total. The molecule has 0 rings (SSSR count). The Morgan fingerprint density at radius 2 is 1.91 bits per heavy atom. The Balaban J connectivity index is 3.54. The number of ether oxygens (including phenoxy) is 2. The fraction of sp³-hybridized carbons (Fsp3) is 0.889. The summed E-state index contributed by atoms with van der Waals surface area (Å²) in [5.41, 5.74) is -0.195. The molecule has 0 saturated carbocycles. The molecular formula is C9H19O2. The van der Waals surface area contributed by atoms with Gasteiger partial charge in [0.1, 0.15) is 0 Å². The maximum absolute atomic E-state index is 5.41. The van der Waals surface area contributed by atoms with Gasteiger partial charge in [0, 0.05) is 0 Å². The summed E-state index contributed by atoms with van der Waals surface area (Å²) in [6.45, 7) is 12.3. The van der Waals surface area contributed by atoms with Gasteiger partial charge in [0.25, 0.3) is 0 Å². The molecule has 0 aliphatic heterocycles. The second kappa shape index (κ2) is 4.73. The molecule has 0 atom stereocenters. The van der Waals surface area contributed by atoms with Crippen LogP contribution in [0.1, 0.15) is 34.6 Å². The van der Waals surface area contributed by atoms with Gasteiger partial charge in [0.15, 0.2) is 0 Å². The van der Waals surface area contributed by atoms with Gasteiger partial charge in [-0.05, 0) is 34.6 Å². The minimum Gasteiger partial charge on any atom is -0.376 e. The van der Waals surface area contributed by atoms with Crippen LogP contribution in [0.3, 0.4) is 0 Å². The average Bonchev–Trinajstić information content (AvgIpc) is 1.84. The van der Waals surface area contributed by atoms with Crippen LogP contribution in [0, 0.1) is 6.61 Å². The topological polar surface area (TPSA) is 18.5 Å². The lowest BCUT2D eigenvalue weighted by atomic mass is 10.1. The quantitative estimate of drug-likeness (QED) is 0.613. The second-order valence-corrected chi connectivity index (χ2v) is 3.47. The van der Waals surface area contributed by atoms with Gasteiger partial charge in [-0.15, -0.1) is 0 Å². The van der Waals surface area contributed by atoms with E-state index < -0.39 is 0 Å². The molecule has 1 radical (unpaired) electrons. The molecule has 0 aliphatic rings. The van der Waals surface area contributed by atoms with Gasteiger partial charge < -0.3 is 9.47 Å². The summed E-state index contributed by atoms with van der Waals surface area (Å²) >= 11 is 0. The van der Waals surface area contributed by atoms with Crippen LogP contribution in [0.4, 0.5) is 0 Å². The zero-order valence-electron chi connectivity index (χ0n) is 8.18. The largest absolute Gasteiger partial charge is 0.376 e. The first-order chi connectivity index (χ1) is 4.98. The third-order valence-electron chi connectivity index (χ3n) is 1.20. The molecule has 0 saturated heterocycles. The molecule has 0 aromatic carbocycles. The highest BCUT2D eigenvalue weighted by Gasteiger charge is 2.18. The highest BCUT2D eigenvalue weighted by Crippen LogP contribution is 2.11. The van der Waals surface area contributed by atoms with E-state index in [1.807, 2.05) is 34.6 Å². The summed E-state index contributed by atoms with van der Waals surface area (Å²) in [6, 6.07) is 0. The number of rotatable bonds is 5. The Morgan fingerprint density at radius 3 is 2.27 bits per heavy atom. The minimum absolute atomic E-state index is 0.195. The van der Waals surface area contributed by atoms with E-state index >= 15 is 0 Å². The Labute approximate surface area is 69.9 Å². The predicted octanol–water partition coefficient (Wildman–Crippen LogP) is 2.39. The summed E-state index contributed by atoms with van der Waals surface area (Å²) < 4.78 is 10.7. The highest BCUT2D eigenvalue weighted by atomic mass is 16.5. The van der Waals surface area contributed by atoms with Crippen molar-refractivity contribution in [2.45, 2.75) is 46.3 Å². The van der Waals surface area contributed by atoms with E-state index in [4.69, 9.17) is 9.47 Å². The Morgan fingerprint density at radius 1 is 1.36 bits per heavy atom. The first-order valence-electron chi connectivity index (χ1n) is 4.05. The molecule has 2 heteroatoms. The summed E-state index contributed by atoms with van der Waals surface area (Å²) in [7, 11) is 0. The van der Waals surface area contributed by atoms with Crippen LogP contribution in [0.5, 0.6) is 0 Å². The summed E-state index contributed by atoms with van der Waals surface area (Å²) in [5, 5.41) is 0. The molecule has 0 aromatic heterocycles. The van der Waals surface area contributed by atoms with Crippen molar-refractivity contribution in [1.29, 1.82) is 0 Å². The lowest BCUT2D eigenvalue weighted by molar-refractivity contribution is -0.0635. The van der Waals surface area contributed by atoms with Crippen molar-refractivity contribution in [2.75, 3.05) is 6.61 Å². The van der Waals surface area contributed by atoms with Crippen molar-refractivity contribution >= 4 is 0 Å². The molecule has 0 spiro atoms. The molecule has 0 aromatic rings. The smallest absolute Gasteiger partial charge is 0.0864 e. The van der Waals surface area contributed by atoms with Crippen LogP contribution in [0.15, 0.2) is 0 Å². The molecule has 0 amide bonds. The first kappa shape index (κ1) is 10.9. The number of hydrogen-bond acceptors (Lipinski definition) is 2. The average molecular weight is 159 g/mol. The molecule has 0 bridgehead atoms. The van der Waals surface area contributed by atoms with Crippen molar-refractivity contribution in [3.05, 3.63) is 6.61 Å². The molecule has 2 nitrogen and oxygen atoms in total. The minimum atomic E-state index is -0.195. The van der Waals surface area contributed by atoms with Crippen molar-refractivity contribution in [3.8, 4) is 0 Å². The van der Waals surface area contributed by atoms with Crippen LogP contribution in [0.25, 0.3) is 0 Å². The van der Waals surface area contributed by atoms with Crippen molar-refractivity contribution in [2.24, 2.45) is 0 Å². The SMILES string of the molecule is C[CH]OC(C)(C)COC(C)C. The van der Waals surface area contributed by atoms with Crippen LogP contribution >= 0.6 is 0 Å². The summed E-state index contributed by atoms with van der Waals surface area (Å²) in [5.74, 6) is 0. The van der Waals surface area contributed by atoms with E-state index in [-0.39, 0.29) is 11.7 Å². The molecule has 0 unspecified atom stereocenters. The van der Waals surface area contributed by atoms with Crippen molar-refractivity contribution in [1.82, 2.24) is 0 Å². The van der Waals surface area contributed by atoms with E-state index in [0.717, 1.165) is 0 Å². The van der Waals surface area contributed by atoms with E-state index in [1.165, 1.54) is 0 Å². The van der Waals surface area contributed by atoms with Gasteiger partial charge in [0.2, 0.25) is 0 Å². The molecule has 0 heterocycles. The van der Waals surface area contributed by atoms with E-state index in [1.54, 1.807) is 6.61 Å². The third-order valence-corrected chi connectivity index (χ3v) is 1.20. The Hall–Kier alpha value is -0.0800. The molecular weight excluding hydrogens is 140 g/mol. The monoisotopic (exact) mass is 159 g/mol. The van der Waals surface area contributed by atoms with E-state index in [0.29, 0.717) is 6.61 Å². The third kappa shape index (κ3) is 6.32. The lowest BCUT2D eigenvalue weighted by Crippen LogP contribution is -2.30. The van der Waals surface area contributed by atoms with E-state index in [9.17, 15) is 0 Å². The van der Waals surface area contributed by atoms with Crippen LogP contribution < -0.4 is 0 Å². The maximum Gasteiger partial charge on any atom is 0.0864 e. The fourth-order valence-electron chi connectivity index (χ4n) is 0.720. The molecule has 67 valence electrons. The standard InChI is InChI=1S/C9H19O2/c1-6-11-9(4,5)7-10-8(2)3/h6,8H,7H2,1-5H3. The molecule has 0 fully saturated rings.